The molecule has 0 radical (unpaired) electrons. The van der Waals surface area contributed by atoms with E-state index in [0.717, 1.165) is 5.76 Å². The van der Waals surface area contributed by atoms with Gasteiger partial charge in [0.15, 0.2) is 6.23 Å². The number of aryl methyl sites for hydroxylation is 1. The van der Waals surface area contributed by atoms with Crippen molar-refractivity contribution in [2.45, 2.75) is 39.1 Å². The number of hydrogen-bond donors (Lipinski definition) is 4. The lowest BCUT2D eigenvalue weighted by Gasteiger charge is -2.26. The summed E-state index contributed by atoms with van der Waals surface area (Å²) < 4.78 is 11.0. The number of fused-ring (bicyclic) bond motifs is 1. The number of anilines is 4. The molecule has 0 fully saturated rings. The van der Waals surface area contributed by atoms with Crippen molar-refractivity contribution in [1.82, 2.24) is 0 Å². The molecule has 5 N–H and O–H groups in total. The summed E-state index contributed by atoms with van der Waals surface area (Å²) in [5.41, 5.74) is 6.45. The predicted molar refractivity (Wildman–Crippen MR) is 149 cm³/mol. The largest absolute Gasteiger partial charge is 0.497 e. The number of aliphatic hydroxyl groups is 1. The number of nitrogens with two attached hydrogens (primary N) is 1. The fraction of sp³-hybridized carbons (Fsp3) is 0.250. The van der Waals surface area contributed by atoms with Gasteiger partial charge in [-0.1, -0.05) is 18.5 Å². The summed E-state index contributed by atoms with van der Waals surface area (Å²) in [6.45, 7) is 3.92. The molecule has 0 bridgehead atoms. The molecule has 0 saturated carbocycles. The van der Waals surface area contributed by atoms with Crippen LogP contribution in [0.15, 0.2) is 56.5 Å². The number of aliphatic hydroxyl groups excluding tert-OH is 1. The zero-order valence-electron chi connectivity index (χ0n) is 21.5. The standard InChI is InChI=1S/C28H27ClN4O6/c1-4-18(21-10-5-13(2)39-21)31-23-24(26(35)25(23)34)32-19-9-8-17(29)16-12-33(28(37)22(16)19)20-11-14(38-3)6-7-15(20)27(30)36/h5-11,18,28,31-32,37H,4,12H2,1-3H3,(H2,30,36)/t18-,28?/m1/s1. The molecule has 1 amide bonds. The van der Waals surface area contributed by atoms with Crippen LogP contribution in [-0.2, 0) is 6.54 Å². The van der Waals surface area contributed by atoms with Crippen LogP contribution in [-0.4, -0.2) is 18.1 Å². The number of ether oxygens (including phenoxy) is 1. The van der Waals surface area contributed by atoms with E-state index in [4.69, 9.17) is 26.5 Å². The van der Waals surface area contributed by atoms with Crippen molar-refractivity contribution in [2.75, 3.05) is 22.6 Å². The molecular weight excluding hydrogens is 524 g/mol. The molecule has 5 rings (SSSR count). The molecule has 1 unspecified atom stereocenters. The van der Waals surface area contributed by atoms with Gasteiger partial charge in [0.05, 0.1) is 24.4 Å². The Kier molecular flexibility index (Phi) is 6.83. The van der Waals surface area contributed by atoms with Gasteiger partial charge in [-0.05, 0) is 55.3 Å². The molecule has 39 heavy (non-hydrogen) atoms. The van der Waals surface area contributed by atoms with Crippen molar-refractivity contribution in [2.24, 2.45) is 5.73 Å². The fourth-order valence-corrected chi connectivity index (χ4v) is 5.11. The van der Waals surface area contributed by atoms with Crippen LogP contribution < -0.4 is 36.9 Å². The van der Waals surface area contributed by atoms with Crippen LogP contribution in [0.2, 0.25) is 5.02 Å². The molecule has 1 aromatic heterocycles. The minimum absolute atomic E-state index is 0.0797. The number of methoxy groups -OCH3 is 1. The monoisotopic (exact) mass is 550 g/mol. The number of primary amides is 1. The third-order valence-electron chi connectivity index (χ3n) is 6.96. The number of rotatable bonds is 9. The first-order valence-electron chi connectivity index (χ1n) is 12.3. The summed E-state index contributed by atoms with van der Waals surface area (Å²) in [6.07, 6.45) is -0.637. The average Bonchev–Trinajstić information content (AvgIpc) is 3.52. The highest BCUT2D eigenvalue weighted by Gasteiger charge is 2.36. The Morgan fingerprint density at radius 2 is 1.95 bits per heavy atom. The summed E-state index contributed by atoms with van der Waals surface area (Å²) >= 11 is 6.51. The molecule has 11 heteroatoms. The number of nitrogens with one attached hydrogen (secondary N) is 2. The van der Waals surface area contributed by atoms with Gasteiger partial charge in [0.25, 0.3) is 16.8 Å². The maximum atomic E-state index is 12.6. The van der Waals surface area contributed by atoms with Gasteiger partial charge in [0.1, 0.15) is 28.6 Å². The normalized spacial score (nSPS) is 15.3. The maximum Gasteiger partial charge on any atom is 0.253 e. The number of hydrogen-bond acceptors (Lipinski definition) is 9. The second kappa shape index (κ2) is 10.1. The Labute approximate surface area is 228 Å². The van der Waals surface area contributed by atoms with Crippen LogP contribution >= 0.6 is 11.6 Å². The van der Waals surface area contributed by atoms with E-state index in [-0.39, 0.29) is 29.5 Å². The van der Waals surface area contributed by atoms with E-state index in [1.54, 1.807) is 29.2 Å². The van der Waals surface area contributed by atoms with Gasteiger partial charge in [-0.3, -0.25) is 14.4 Å². The molecule has 1 aliphatic rings. The second-order valence-corrected chi connectivity index (χ2v) is 9.73. The minimum atomic E-state index is -1.25. The smallest absolute Gasteiger partial charge is 0.253 e. The van der Waals surface area contributed by atoms with Crippen molar-refractivity contribution in [3.8, 4) is 5.75 Å². The number of carbonyl (C=O) groups is 1. The van der Waals surface area contributed by atoms with E-state index in [9.17, 15) is 19.5 Å². The molecule has 202 valence electrons. The number of benzene rings is 2. The van der Waals surface area contributed by atoms with E-state index < -0.39 is 23.0 Å². The van der Waals surface area contributed by atoms with Gasteiger partial charge in [-0.25, -0.2) is 0 Å². The minimum Gasteiger partial charge on any atom is -0.497 e. The SMILES string of the molecule is CC[C@@H](Nc1c(Nc2ccc(Cl)c3c2C(O)N(c2cc(OC)ccc2C(N)=O)C3)c(=O)c1=O)c1ccc(C)o1. The van der Waals surface area contributed by atoms with Gasteiger partial charge in [0, 0.05) is 28.9 Å². The molecule has 1 aliphatic heterocycles. The molecule has 0 saturated heterocycles. The van der Waals surface area contributed by atoms with Gasteiger partial charge >= 0.3 is 0 Å². The summed E-state index contributed by atoms with van der Waals surface area (Å²) in [5.74, 6) is 1.19. The molecule has 4 aromatic rings. The lowest BCUT2D eigenvalue weighted by atomic mass is 10.0. The van der Waals surface area contributed by atoms with E-state index in [0.29, 0.717) is 45.5 Å². The summed E-state index contributed by atoms with van der Waals surface area (Å²) in [4.78, 5) is 38.9. The Morgan fingerprint density at radius 3 is 2.59 bits per heavy atom. The van der Waals surface area contributed by atoms with Crippen molar-refractivity contribution in [1.29, 1.82) is 0 Å². The van der Waals surface area contributed by atoms with Gasteiger partial charge in [-0.2, -0.15) is 0 Å². The third-order valence-corrected chi connectivity index (χ3v) is 7.32. The van der Waals surface area contributed by atoms with E-state index >= 15 is 0 Å². The van der Waals surface area contributed by atoms with Crippen molar-refractivity contribution in [3.63, 3.8) is 0 Å². The Bertz CT molecular complexity index is 1650. The molecule has 2 atom stereocenters. The van der Waals surface area contributed by atoms with Crippen molar-refractivity contribution >= 4 is 40.3 Å². The number of amides is 1. The van der Waals surface area contributed by atoms with Crippen LogP contribution in [0.5, 0.6) is 5.75 Å². The van der Waals surface area contributed by atoms with Crippen molar-refractivity contribution in [3.05, 3.63) is 96.1 Å². The first-order chi connectivity index (χ1) is 18.6. The molecule has 0 spiro atoms. The lowest BCUT2D eigenvalue weighted by Crippen LogP contribution is -2.37. The molecular formula is C28H27ClN4O6. The highest BCUT2D eigenvalue weighted by molar-refractivity contribution is 6.31. The number of halogens is 1. The summed E-state index contributed by atoms with van der Waals surface area (Å²) in [7, 11) is 1.49. The van der Waals surface area contributed by atoms with Gasteiger partial charge < -0.3 is 35.5 Å². The van der Waals surface area contributed by atoms with Crippen LogP contribution in [0.1, 0.15) is 58.6 Å². The van der Waals surface area contributed by atoms with Crippen LogP contribution in [0.25, 0.3) is 0 Å². The number of carbonyl (C=O) groups excluding carboxylic acids is 1. The molecule has 0 aliphatic carbocycles. The summed E-state index contributed by atoms with van der Waals surface area (Å²) in [6, 6.07) is 11.3. The number of nitrogens with zero attached hydrogens (tertiary/aromatic N) is 1. The maximum absolute atomic E-state index is 12.6. The zero-order valence-corrected chi connectivity index (χ0v) is 22.3. The second-order valence-electron chi connectivity index (χ2n) is 9.32. The Morgan fingerprint density at radius 1 is 1.21 bits per heavy atom. The van der Waals surface area contributed by atoms with Crippen LogP contribution in [0.4, 0.5) is 22.7 Å². The topological polar surface area (TPSA) is 147 Å². The lowest BCUT2D eigenvalue weighted by molar-refractivity contribution is 0.1000. The molecule has 10 nitrogen and oxygen atoms in total. The molecule has 2 heterocycles. The van der Waals surface area contributed by atoms with E-state index in [1.807, 2.05) is 26.0 Å². The quantitative estimate of drug-likeness (QED) is 0.224. The first-order valence-corrected chi connectivity index (χ1v) is 12.7. The fourth-order valence-electron chi connectivity index (χ4n) is 4.89. The Balaban J connectivity index is 1.50. The summed E-state index contributed by atoms with van der Waals surface area (Å²) in [5, 5.41) is 18.0. The molecule has 3 aromatic carbocycles. The number of furan rings is 1. The van der Waals surface area contributed by atoms with E-state index in [1.165, 1.54) is 13.2 Å². The van der Waals surface area contributed by atoms with Gasteiger partial charge in [-0.15, -0.1) is 0 Å². The van der Waals surface area contributed by atoms with E-state index in [2.05, 4.69) is 10.6 Å². The van der Waals surface area contributed by atoms with Crippen LogP contribution in [0.3, 0.4) is 0 Å². The van der Waals surface area contributed by atoms with Crippen molar-refractivity contribution < 1.29 is 19.1 Å². The third kappa shape index (κ3) is 4.51. The van der Waals surface area contributed by atoms with Gasteiger partial charge in [0.2, 0.25) is 0 Å². The zero-order chi connectivity index (χ0) is 28.0. The highest BCUT2D eigenvalue weighted by atomic mass is 35.5. The predicted octanol–water partition coefficient (Wildman–Crippen LogP) is 4.26. The van der Waals surface area contributed by atoms with Crippen LogP contribution in [0, 0.1) is 6.92 Å². The Hall–Kier alpha value is -4.28. The first kappa shape index (κ1) is 26.3. The average molecular weight is 551 g/mol. The highest BCUT2D eigenvalue weighted by Crippen LogP contribution is 2.45.